The van der Waals surface area contributed by atoms with Crippen molar-refractivity contribution < 1.29 is 4.39 Å². The maximum absolute atomic E-state index is 14.8. The van der Waals surface area contributed by atoms with Gasteiger partial charge in [-0.15, -0.1) is 0 Å². The molecule has 1 aliphatic rings. The molecule has 0 bridgehead atoms. The molecule has 3 nitrogen and oxygen atoms in total. The van der Waals surface area contributed by atoms with Crippen LogP contribution in [0.2, 0.25) is 0 Å². The lowest BCUT2D eigenvalue weighted by molar-refractivity contribution is 0.209. The number of hydrogen-bond donors (Lipinski definition) is 1. The van der Waals surface area contributed by atoms with Crippen molar-refractivity contribution in [3.8, 4) is 0 Å². The van der Waals surface area contributed by atoms with E-state index in [2.05, 4.69) is 53.2 Å². The van der Waals surface area contributed by atoms with Crippen LogP contribution in [0.4, 0.5) is 15.8 Å². The molecule has 156 valence electrons. The van der Waals surface area contributed by atoms with Crippen molar-refractivity contribution >= 4 is 11.4 Å². The molecule has 30 heavy (non-hydrogen) atoms. The summed E-state index contributed by atoms with van der Waals surface area (Å²) in [5, 5.41) is 3.47. The van der Waals surface area contributed by atoms with Gasteiger partial charge in [-0.1, -0.05) is 60.7 Å². The molecular weight excluding hydrogens is 373 g/mol. The first kappa shape index (κ1) is 20.4. The molecule has 0 radical (unpaired) electrons. The van der Waals surface area contributed by atoms with E-state index in [-0.39, 0.29) is 11.9 Å². The molecule has 3 aromatic carbocycles. The number of piperazine rings is 1. The van der Waals surface area contributed by atoms with Gasteiger partial charge in [0.05, 0.1) is 11.7 Å². The van der Waals surface area contributed by atoms with Crippen molar-refractivity contribution in [3.63, 3.8) is 0 Å². The van der Waals surface area contributed by atoms with Gasteiger partial charge in [0.1, 0.15) is 5.82 Å². The molecule has 0 spiro atoms. The third-order valence-electron chi connectivity index (χ3n) is 5.93. The van der Waals surface area contributed by atoms with E-state index in [1.807, 2.05) is 48.5 Å². The summed E-state index contributed by atoms with van der Waals surface area (Å²) in [4.78, 5) is 4.84. The Balaban J connectivity index is 1.59. The van der Waals surface area contributed by atoms with Gasteiger partial charge in [0.2, 0.25) is 0 Å². The summed E-state index contributed by atoms with van der Waals surface area (Å²) in [6.07, 6.45) is 0. The molecule has 1 heterocycles. The molecular formula is C26H30FN3. The summed E-state index contributed by atoms with van der Waals surface area (Å²) in [6.45, 7) is 8.47. The SMILES string of the molecule is CC(C)N1CCN(c2ccc(F)c(NC(c3ccccc3)c3ccccc3)c2)CC1. The largest absolute Gasteiger partial charge is 0.372 e. The Morgan fingerprint density at radius 3 is 1.87 bits per heavy atom. The van der Waals surface area contributed by atoms with Crippen LogP contribution in [0.3, 0.4) is 0 Å². The molecule has 1 fully saturated rings. The van der Waals surface area contributed by atoms with E-state index in [0.717, 1.165) is 43.0 Å². The van der Waals surface area contributed by atoms with Gasteiger partial charge in [0.15, 0.2) is 0 Å². The van der Waals surface area contributed by atoms with Gasteiger partial charge in [0.25, 0.3) is 0 Å². The van der Waals surface area contributed by atoms with Gasteiger partial charge in [-0.05, 0) is 43.2 Å². The Labute approximate surface area is 179 Å². The Kier molecular flexibility index (Phi) is 6.34. The minimum atomic E-state index is -0.226. The summed E-state index contributed by atoms with van der Waals surface area (Å²) in [5.74, 6) is -0.226. The lowest BCUT2D eigenvalue weighted by Gasteiger charge is -2.38. The van der Waals surface area contributed by atoms with Crippen molar-refractivity contribution in [2.24, 2.45) is 0 Å². The highest BCUT2D eigenvalue weighted by Gasteiger charge is 2.21. The van der Waals surface area contributed by atoms with Crippen LogP contribution < -0.4 is 10.2 Å². The minimum absolute atomic E-state index is 0.116. The summed E-state index contributed by atoms with van der Waals surface area (Å²) in [5.41, 5.74) is 3.83. The van der Waals surface area contributed by atoms with E-state index >= 15 is 0 Å². The first-order valence-electron chi connectivity index (χ1n) is 10.8. The smallest absolute Gasteiger partial charge is 0.146 e. The van der Waals surface area contributed by atoms with Crippen molar-refractivity contribution in [1.29, 1.82) is 0 Å². The van der Waals surface area contributed by atoms with Crippen LogP contribution in [0.15, 0.2) is 78.9 Å². The molecule has 0 unspecified atom stereocenters. The van der Waals surface area contributed by atoms with Gasteiger partial charge < -0.3 is 10.2 Å². The zero-order chi connectivity index (χ0) is 20.9. The van der Waals surface area contributed by atoms with Crippen LogP contribution in [0.5, 0.6) is 0 Å². The number of nitrogens with zero attached hydrogens (tertiary/aromatic N) is 2. The highest BCUT2D eigenvalue weighted by molar-refractivity contribution is 5.61. The van der Waals surface area contributed by atoms with Crippen molar-refractivity contribution in [2.75, 3.05) is 36.4 Å². The van der Waals surface area contributed by atoms with Gasteiger partial charge in [0, 0.05) is 37.9 Å². The lowest BCUT2D eigenvalue weighted by atomic mass is 9.98. The number of benzene rings is 3. The van der Waals surface area contributed by atoms with E-state index in [1.165, 1.54) is 0 Å². The van der Waals surface area contributed by atoms with E-state index in [1.54, 1.807) is 6.07 Å². The topological polar surface area (TPSA) is 18.5 Å². The van der Waals surface area contributed by atoms with Crippen LogP contribution in [0.25, 0.3) is 0 Å². The van der Waals surface area contributed by atoms with Gasteiger partial charge in [-0.2, -0.15) is 0 Å². The quantitative estimate of drug-likeness (QED) is 0.581. The van der Waals surface area contributed by atoms with E-state index in [9.17, 15) is 4.39 Å². The second kappa shape index (κ2) is 9.31. The van der Waals surface area contributed by atoms with Crippen LogP contribution in [-0.4, -0.2) is 37.1 Å². The van der Waals surface area contributed by atoms with Crippen molar-refractivity contribution in [3.05, 3.63) is 95.8 Å². The van der Waals surface area contributed by atoms with Crippen LogP contribution >= 0.6 is 0 Å². The van der Waals surface area contributed by atoms with E-state index in [4.69, 9.17) is 0 Å². The summed E-state index contributed by atoms with van der Waals surface area (Å²) < 4.78 is 14.8. The predicted octanol–water partition coefficient (Wildman–Crippen LogP) is 5.56. The molecule has 4 rings (SSSR count). The minimum Gasteiger partial charge on any atom is -0.372 e. The molecule has 0 amide bonds. The molecule has 4 heteroatoms. The summed E-state index contributed by atoms with van der Waals surface area (Å²) in [6, 6.07) is 26.3. The number of anilines is 2. The number of rotatable bonds is 6. The van der Waals surface area contributed by atoms with Crippen molar-refractivity contribution in [1.82, 2.24) is 4.90 Å². The van der Waals surface area contributed by atoms with Gasteiger partial charge in [-0.25, -0.2) is 4.39 Å². The predicted molar refractivity (Wildman–Crippen MR) is 124 cm³/mol. The average Bonchev–Trinajstić information content (AvgIpc) is 2.80. The fourth-order valence-corrected chi connectivity index (χ4v) is 4.12. The Morgan fingerprint density at radius 1 is 0.767 bits per heavy atom. The van der Waals surface area contributed by atoms with Crippen LogP contribution in [-0.2, 0) is 0 Å². The van der Waals surface area contributed by atoms with E-state index < -0.39 is 0 Å². The molecule has 0 aliphatic carbocycles. The lowest BCUT2D eigenvalue weighted by Crippen LogP contribution is -2.48. The second-order valence-electron chi connectivity index (χ2n) is 8.18. The third-order valence-corrected chi connectivity index (χ3v) is 5.93. The Hall–Kier alpha value is -2.85. The summed E-state index contributed by atoms with van der Waals surface area (Å²) >= 11 is 0. The zero-order valence-corrected chi connectivity index (χ0v) is 17.8. The van der Waals surface area contributed by atoms with E-state index in [0.29, 0.717) is 11.7 Å². The van der Waals surface area contributed by atoms with Gasteiger partial charge in [-0.3, -0.25) is 4.90 Å². The monoisotopic (exact) mass is 403 g/mol. The standard InChI is InChI=1S/C26H30FN3/c1-20(2)29-15-17-30(18-16-29)23-13-14-24(27)25(19-23)28-26(21-9-5-3-6-10-21)22-11-7-4-8-12-22/h3-14,19-20,26,28H,15-18H2,1-2H3. The first-order valence-corrected chi connectivity index (χ1v) is 10.8. The molecule has 1 aliphatic heterocycles. The molecule has 0 atom stereocenters. The van der Waals surface area contributed by atoms with Crippen molar-refractivity contribution in [2.45, 2.75) is 25.9 Å². The maximum atomic E-state index is 14.8. The molecule has 0 saturated carbocycles. The zero-order valence-electron chi connectivity index (χ0n) is 17.8. The van der Waals surface area contributed by atoms with Crippen LogP contribution in [0, 0.1) is 5.82 Å². The average molecular weight is 404 g/mol. The van der Waals surface area contributed by atoms with Crippen LogP contribution in [0.1, 0.15) is 31.0 Å². The number of hydrogen-bond acceptors (Lipinski definition) is 3. The van der Waals surface area contributed by atoms with Gasteiger partial charge >= 0.3 is 0 Å². The molecule has 3 aromatic rings. The molecule has 1 N–H and O–H groups in total. The highest BCUT2D eigenvalue weighted by atomic mass is 19.1. The second-order valence-corrected chi connectivity index (χ2v) is 8.18. The normalized spacial score (nSPS) is 15.0. The maximum Gasteiger partial charge on any atom is 0.146 e. The molecule has 1 saturated heterocycles. The summed E-state index contributed by atoms with van der Waals surface area (Å²) in [7, 11) is 0. The number of nitrogens with one attached hydrogen (secondary N) is 1. The number of halogens is 1. The Morgan fingerprint density at radius 2 is 1.33 bits per heavy atom. The first-order chi connectivity index (χ1) is 14.6. The third kappa shape index (κ3) is 4.65. The molecule has 0 aromatic heterocycles. The fourth-order valence-electron chi connectivity index (χ4n) is 4.12. The fraction of sp³-hybridized carbons (Fsp3) is 0.308. The highest BCUT2D eigenvalue weighted by Crippen LogP contribution is 2.30. The Bertz CT molecular complexity index is 896.